The fourth-order valence-electron chi connectivity index (χ4n) is 2.04. The van der Waals surface area contributed by atoms with Gasteiger partial charge in [0.1, 0.15) is 0 Å². The van der Waals surface area contributed by atoms with E-state index in [1.165, 1.54) is 0 Å². The summed E-state index contributed by atoms with van der Waals surface area (Å²) in [5, 5.41) is 0. The van der Waals surface area contributed by atoms with E-state index in [1.54, 1.807) is 0 Å². The first-order chi connectivity index (χ1) is 10.3. The van der Waals surface area contributed by atoms with Gasteiger partial charge in [-0.15, -0.1) is 0 Å². The monoisotopic (exact) mass is 380 g/mol. The highest BCUT2D eigenvalue weighted by molar-refractivity contribution is 9.10. The van der Waals surface area contributed by atoms with Gasteiger partial charge in [0.05, 0.1) is 21.8 Å². The molecular formula is C17H21BrN2OS. The molecule has 2 rings (SSSR count). The lowest BCUT2D eigenvalue weighted by molar-refractivity contribution is 0.624. The maximum Gasteiger partial charge on any atom is 0.0979 e. The number of rotatable bonds is 4. The van der Waals surface area contributed by atoms with Gasteiger partial charge in [0.2, 0.25) is 0 Å². The lowest BCUT2D eigenvalue weighted by Crippen LogP contribution is -2.36. The number of anilines is 1. The molecule has 2 atom stereocenters. The molecule has 0 aliphatic carbocycles. The van der Waals surface area contributed by atoms with Crippen molar-refractivity contribution in [2.24, 2.45) is 0 Å². The van der Waals surface area contributed by atoms with Crippen molar-refractivity contribution in [1.82, 2.24) is 4.72 Å². The Hall–Kier alpha value is -1.17. The predicted octanol–water partition coefficient (Wildman–Crippen LogP) is 4.17. The summed E-state index contributed by atoms with van der Waals surface area (Å²) in [5.74, 6) is 0. The summed E-state index contributed by atoms with van der Waals surface area (Å²) >= 11 is 3.48. The molecular weight excluding hydrogens is 360 g/mol. The number of nitrogen functional groups attached to an aromatic ring is 1. The van der Waals surface area contributed by atoms with Crippen LogP contribution >= 0.6 is 15.9 Å². The van der Waals surface area contributed by atoms with Gasteiger partial charge >= 0.3 is 0 Å². The Labute approximate surface area is 143 Å². The smallest absolute Gasteiger partial charge is 0.0979 e. The van der Waals surface area contributed by atoms with E-state index in [9.17, 15) is 4.21 Å². The summed E-state index contributed by atoms with van der Waals surface area (Å²) in [7, 11) is -1.20. The molecule has 2 aromatic carbocycles. The maximum atomic E-state index is 12.6. The average Bonchev–Trinajstić information content (AvgIpc) is 2.47. The number of nitrogens with one attached hydrogen (secondary N) is 1. The molecule has 118 valence electrons. The molecule has 0 saturated carbocycles. The van der Waals surface area contributed by atoms with Crippen LogP contribution in [-0.2, 0) is 11.0 Å². The second kappa shape index (κ2) is 6.94. The first-order valence-electron chi connectivity index (χ1n) is 7.07. The second-order valence-electron chi connectivity index (χ2n) is 6.12. The van der Waals surface area contributed by atoms with Crippen molar-refractivity contribution in [1.29, 1.82) is 0 Å². The summed E-state index contributed by atoms with van der Waals surface area (Å²) in [6.45, 7) is 5.84. The summed E-state index contributed by atoms with van der Waals surface area (Å²) < 4.78 is 16.4. The van der Waals surface area contributed by atoms with E-state index in [0.29, 0.717) is 5.69 Å². The molecule has 0 aliphatic heterocycles. The van der Waals surface area contributed by atoms with E-state index < -0.39 is 11.0 Å². The SMILES string of the molecule is CC(C)(C)[S@](=O)N[C@H](c1ccccc1)c1cc(Br)ccc1N. The van der Waals surface area contributed by atoms with E-state index in [0.717, 1.165) is 15.6 Å². The van der Waals surface area contributed by atoms with Crippen molar-refractivity contribution < 1.29 is 4.21 Å². The Balaban J connectivity index is 2.47. The van der Waals surface area contributed by atoms with Gasteiger partial charge in [-0.2, -0.15) is 0 Å². The van der Waals surface area contributed by atoms with Gasteiger partial charge in [-0.3, -0.25) is 0 Å². The number of benzene rings is 2. The molecule has 0 amide bonds. The number of hydrogen-bond donors (Lipinski definition) is 2. The maximum absolute atomic E-state index is 12.6. The molecule has 0 heterocycles. The molecule has 3 nitrogen and oxygen atoms in total. The Morgan fingerprint density at radius 2 is 1.77 bits per heavy atom. The third kappa shape index (κ3) is 4.18. The Morgan fingerprint density at radius 3 is 2.36 bits per heavy atom. The third-order valence-corrected chi connectivity index (χ3v) is 5.33. The molecule has 0 aromatic heterocycles. The Morgan fingerprint density at radius 1 is 1.14 bits per heavy atom. The van der Waals surface area contributed by atoms with Gasteiger partial charge in [-0.25, -0.2) is 8.93 Å². The van der Waals surface area contributed by atoms with Gasteiger partial charge in [0.25, 0.3) is 0 Å². The molecule has 0 radical (unpaired) electrons. The van der Waals surface area contributed by atoms with Gasteiger partial charge in [-0.05, 0) is 50.1 Å². The molecule has 0 fully saturated rings. The van der Waals surface area contributed by atoms with Gasteiger partial charge in [-0.1, -0.05) is 46.3 Å². The van der Waals surface area contributed by atoms with Crippen LogP contribution in [-0.4, -0.2) is 8.96 Å². The zero-order valence-electron chi connectivity index (χ0n) is 13.0. The fourth-order valence-corrected chi connectivity index (χ4v) is 3.25. The molecule has 0 aliphatic rings. The zero-order chi connectivity index (χ0) is 16.3. The Bertz CT molecular complexity index is 668. The lowest BCUT2D eigenvalue weighted by Gasteiger charge is -2.26. The molecule has 5 heteroatoms. The summed E-state index contributed by atoms with van der Waals surface area (Å²) in [6, 6.07) is 15.4. The highest BCUT2D eigenvalue weighted by Gasteiger charge is 2.25. The van der Waals surface area contributed by atoms with Gasteiger partial charge < -0.3 is 5.73 Å². The van der Waals surface area contributed by atoms with Crippen molar-refractivity contribution >= 4 is 32.6 Å². The van der Waals surface area contributed by atoms with E-state index in [2.05, 4.69) is 20.7 Å². The largest absolute Gasteiger partial charge is 0.398 e. The summed E-state index contributed by atoms with van der Waals surface area (Å²) in [6.07, 6.45) is 0. The standard InChI is InChI=1S/C17H21BrN2OS/c1-17(2,3)22(21)20-16(12-7-5-4-6-8-12)14-11-13(18)9-10-15(14)19/h4-11,16,20H,19H2,1-3H3/t16-,22+/m1/s1. The van der Waals surface area contributed by atoms with E-state index in [1.807, 2.05) is 69.3 Å². The van der Waals surface area contributed by atoms with Crippen LogP contribution in [0.15, 0.2) is 53.0 Å². The van der Waals surface area contributed by atoms with Crippen LogP contribution < -0.4 is 10.5 Å². The van der Waals surface area contributed by atoms with Crippen molar-refractivity contribution in [3.63, 3.8) is 0 Å². The third-order valence-electron chi connectivity index (χ3n) is 3.27. The predicted molar refractivity (Wildman–Crippen MR) is 97.9 cm³/mol. The minimum atomic E-state index is -1.20. The summed E-state index contributed by atoms with van der Waals surface area (Å²) in [5.41, 5.74) is 8.78. The highest BCUT2D eigenvalue weighted by atomic mass is 79.9. The van der Waals surface area contributed by atoms with Crippen LogP contribution in [0.3, 0.4) is 0 Å². The second-order valence-corrected chi connectivity index (χ2v) is 9.03. The summed E-state index contributed by atoms with van der Waals surface area (Å²) in [4.78, 5) is 0. The van der Waals surface area contributed by atoms with Crippen LogP contribution in [0.2, 0.25) is 0 Å². The lowest BCUT2D eigenvalue weighted by atomic mass is 9.98. The molecule has 0 spiro atoms. The number of hydrogen-bond acceptors (Lipinski definition) is 2. The normalized spacial score (nSPS) is 14.5. The molecule has 0 unspecified atom stereocenters. The van der Waals surface area contributed by atoms with Crippen molar-refractivity contribution in [2.45, 2.75) is 31.6 Å². The van der Waals surface area contributed by atoms with Crippen LogP contribution in [0, 0.1) is 0 Å². The first kappa shape index (κ1) is 17.2. The molecule has 0 saturated heterocycles. The van der Waals surface area contributed by atoms with Gasteiger partial charge in [0.15, 0.2) is 0 Å². The molecule has 3 N–H and O–H groups in total. The molecule has 0 bridgehead atoms. The topological polar surface area (TPSA) is 55.1 Å². The quantitative estimate of drug-likeness (QED) is 0.781. The minimum absolute atomic E-state index is 0.223. The van der Waals surface area contributed by atoms with Crippen molar-refractivity contribution in [3.8, 4) is 0 Å². The van der Waals surface area contributed by atoms with Crippen LogP contribution in [0.25, 0.3) is 0 Å². The highest BCUT2D eigenvalue weighted by Crippen LogP contribution is 2.30. The molecule has 22 heavy (non-hydrogen) atoms. The van der Waals surface area contributed by atoms with Crippen LogP contribution in [0.1, 0.15) is 37.9 Å². The first-order valence-corrected chi connectivity index (χ1v) is 9.01. The Kier molecular flexibility index (Phi) is 5.42. The van der Waals surface area contributed by atoms with Crippen molar-refractivity contribution in [3.05, 3.63) is 64.1 Å². The van der Waals surface area contributed by atoms with Gasteiger partial charge in [0, 0.05) is 10.2 Å². The fraction of sp³-hybridized carbons (Fsp3) is 0.294. The van der Waals surface area contributed by atoms with E-state index in [4.69, 9.17) is 5.73 Å². The van der Waals surface area contributed by atoms with Crippen LogP contribution in [0.4, 0.5) is 5.69 Å². The van der Waals surface area contributed by atoms with E-state index in [-0.39, 0.29) is 10.8 Å². The number of halogens is 1. The molecule has 2 aromatic rings. The number of nitrogens with two attached hydrogens (primary N) is 1. The average molecular weight is 381 g/mol. The minimum Gasteiger partial charge on any atom is -0.398 e. The zero-order valence-corrected chi connectivity index (χ0v) is 15.4. The van der Waals surface area contributed by atoms with Crippen LogP contribution in [0.5, 0.6) is 0 Å². The van der Waals surface area contributed by atoms with Crippen molar-refractivity contribution in [2.75, 3.05) is 5.73 Å². The van der Waals surface area contributed by atoms with E-state index >= 15 is 0 Å².